The first-order chi connectivity index (χ1) is 18.3. The Morgan fingerprint density at radius 2 is 1.87 bits per heavy atom. The third-order valence-corrected chi connectivity index (χ3v) is 6.99. The molecule has 1 saturated carbocycles. The number of carboxylic acid groups (broad SMARTS) is 1. The standard InChI is InChI=1S/C24H27N5O3.C2HF3O2/c1-12-13(2)27-23(26-12)20-8-17(9-25-28-20)16-6-18-10-29(14(3)15-4-5-15)24(32)22(18)19(7-16)21(31)11-30;3-2(4,5)1(6)7/h6-9,14-15,21,30-31H,4-5,10-11H2,1-3H3,(H,26,27);(H,6,7)/t14-,21?;/m0./s1. The molecule has 0 saturated heterocycles. The summed E-state index contributed by atoms with van der Waals surface area (Å²) in [5.74, 6) is -1.63. The zero-order chi connectivity index (χ0) is 28.6. The number of benzene rings is 1. The largest absolute Gasteiger partial charge is 0.490 e. The van der Waals surface area contributed by atoms with Gasteiger partial charge >= 0.3 is 12.1 Å². The van der Waals surface area contributed by atoms with E-state index < -0.39 is 24.9 Å². The van der Waals surface area contributed by atoms with Gasteiger partial charge in [-0.2, -0.15) is 18.3 Å². The van der Waals surface area contributed by atoms with Gasteiger partial charge < -0.3 is 25.2 Å². The van der Waals surface area contributed by atoms with Crippen LogP contribution in [0.2, 0.25) is 0 Å². The van der Waals surface area contributed by atoms with Crippen LogP contribution in [0.3, 0.4) is 0 Å². The van der Waals surface area contributed by atoms with E-state index in [0.29, 0.717) is 35.1 Å². The van der Waals surface area contributed by atoms with Crippen LogP contribution in [0.1, 0.15) is 58.7 Å². The molecular weight excluding hydrogens is 519 g/mol. The van der Waals surface area contributed by atoms with Gasteiger partial charge in [0.25, 0.3) is 5.91 Å². The quantitative estimate of drug-likeness (QED) is 0.366. The number of H-pyrrole nitrogens is 1. The second-order valence-corrected chi connectivity index (χ2v) is 9.74. The molecule has 2 atom stereocenters. The van der Waals surface area contributed by atoms with Gasteiger partial charge in [-0.25, -0.2) is 9.78 Å². The number of aromatic amines is 1. The second-order valence-electron chi connectivity index (χ2n) is 9.74. The van der Waals surface area contributed by atoms with Crippen LogP contribution in [-0.4, -0.2) is 71.1 Å². The number of imidazole rings is 1. The number of hydrogen-bond donors (Lipinski definition) is 4. The fraction of sp³-hybridized carbons (Fsp3) is 0.423. The van der Waals surface area contributed by atoms with Gasteiger partial charge in [-0.05, 0) is 74.4 Å². The number of carbonyl (C=O) groups is 2. The number of aryl methyl sites for hydroxylation is 2. The molecule has 1 unspecified atom stereocenters. The Morgan fingerprint density at radius 3 is 2.41 bits per heavy atom. The molecule has 5 rings (SSSR count). The number of nitrogens with one attached hydrogen (secondary N) is 1. The fourth-order valence-corrected chi connectivity index (χ4v) is 4.51. The highest BCUT2D eigenvalue weighted by atomic mass is 19.4. The monoisotopic (exact) mass is 547 g/mol. The molecule has 2 aliphatic rings. The molecule has 1 fully saturated rings. The number of nitrogens with zero attached hydrogens (tertiary/aromatic N) is 4. The predicted molar refractivity (Wildman–Crippen MR) is 132 cm³/mol. The molecule has 1 aliphatic heterocycles. The Hall–Kier alpha value is -3.84. The summed E-state index contributed by atoms with van der Waals surface area (Å²) >= 11 is 0. The van der Waals surface area contributed by atoms with Crippen molar-refractivity contribution >= 4 is 11.9 Å². The first-order valence-corrected chi connectivity index (χ1v) is 12.2. The van der Waals surface area contributed by atoms with Gasteiger partial charge in [0.05, 0.1) is 24.1 Å². The SMILES string of the molecule is Cc1nc(-c2cc(-c3cc4c(c(C(O)CO)c3)C(=O)N([C@@H](C)C3CC3)C4)cnn2)[nH]c1C.O=C(O)C(F)(F)F. The Balaban J connectivity index is 0.000000448. The molecule has 1 aromatic carbocycles. The minimum Gasteiger partial charge on any atom is -0.475 e. The normalized spacial score (nSPS) is 16.4. The highest BCUT2D eigenvalue weighted by molar-refractivity contribution is 6.01. The molecule has 10 nitrogen and oxygen atoms in total. The smallest absolute Gasteiger partial charge is 0.475 e. The van der Waals surface area contributed by atoms with Crippen molar-refractivity contribution in [1.29, 1.82) is 0 Å². The molecule has 0 bridgehead atoms. The lowest BCUT2D eigenvalue weighted by Gasteiger charge is -2.24. The molecule has 3 heterocycles. The minimum atomic E-state index is -5.08. The van der Waals surface area contributed by atoms with Gasteiger partial charge in [0.15, 0.2) is 5.82 Å². The first-order valence-electron chi connectivity index (χ1n) is 12.2. The van der Waals surface area contributed by atoms with Crippen LogP contribution < -0.4 is 0 Å². The van der Waals surface area contributed by atoms with Crippen LogP contribution in [0.15, 0.2) is 24.4 Å². The summed E-state index contributed by atoms with van der Waals surface area (Å²) in [7, 11) is 0. The first kappa shape index (κ1) is 28.2. The molecule has 4 N–H and O–H groups in total. The molecular formula is C26H28F3N5O5. The summed E-state index contributed by atoms with van der Waals surface area (Å²) in [5.41, 5.74) is 5.95. The zero-order valence-corrected chi connectivity index (χ0v) is 21.5. The van der Waals surface area contributed by atoms with E-state index in [1.165, 1.54) is 0 Å². The number of hydrogen-bond acceptors (Lipinski definition) is 7. The van der Waals surface area contributed by atoms with Gasteiger partial charge in [-0.1, -0.05) is 0 Å². The minimum absolute atomic E-state index is 0.0662. The summed E-state index contributed by atoms with van der Waals surface area (Å²) in [6, 6.07) is 5.82. The van der Waals surface area contributed by atoms with Gasteiger partial charge in [0, 0.05) is 23.8 Å². The van der Waals surface area contributed by atoms with E-state index in [1.807, 2.05) is 30.9 Å². The van der Waals surface area contributed by atoms with Crippen molar-refractivity contribution in [2.45, 2.75) is 58.5 Å². The number of fused-ring (bicyclic) bond motifs is 1. The molecule has 39 heavy (non-hydrogen) atoms. The van der Waals surface area contributed by atoms with E-state index in [9.17, 15) is 28.2 Å². The fourth-order valence-electron chi connectivity index (χ4n) is 4.51. The molecule has 1 amide bonds. The number of rotatable bonds is 6. The third kappa shape index (κ3) is 5.93. The highest BCUT2D eigenvalue weighted by Gasteiger charge is 2.40. The van der Waals surface area contributed by atoms with Crippen molar-refractivity contribution in [2.75, 3.05) is 6.61 Å². The van der Waals surface area contributed by atoms with Gasteiger partial charge in [0.2, 0.25) is 0 Å². The van der Waals surface area contributed by atoms with Crippen LogP contribution in [0, 0.1) is 19.8 Å². The van der Waals surface area contributed by atoms with Crippen molar-refractivity contribution in [2.24, 2.45) is 5.92 Å². The average molecular weight is 548 g/mol. The van der Waals surface area contributed by atoms with E-state index in [4.69, 9.17) is 9.90 Å². The maximum absolute atomic E-state index is 13.2. The molecule has 0 spiro atoms. The second kappa shape index (κ2) is 10.7. The van der Waals surface area contributed by atoms with E-state index in [1.54, 1.807) is 12.3 Å². The van der Waals surface area contributed by atoms with Crippen LogP contribution in [0.5, 0.6) is 0 Å². The third-order valence-electron chi connectivity index (χ3n) is 6.99. The predicted octanol–water partition coefficient (Wildman–Crippen LogP) is 3.56. The Morgan fingerprint density at radius 1 is 1.21 bits per heavy atom. The van der Waals surface area contributed by atoms with Crippen molar-refractivity contribution in [3.8, 4) is 22.6 Å². The lowest BCUT2D eigenvalue weighted by Crippen LogP contribution is -2.35. The molecule has 208 valence electrons. The van der Waals surface area contributed by atoms with Crippen molar-refractivity contribution in [1.82, 2.24) is 25.1 Å². The van der Waals surface area contributed by atoms with Crippen LogP contribution in [-0.2, 0) is 11.3 Å². The Kier molecular flexibility index (Phi) is 7.75. The van der Waals surface area contributed by atoms with Gasteiger partial charge in [0.1, 0.15) is 11.8 Å². The van der Waals surface area contributed by atoms with E-state index in [-0.39, 0.29) is 11.9 Å². The van der Waals surface area contributed by atoms with Crippen molar-refractivity contribution in [3.63, 3.8) is 0 Å². The summed E-state index contributed by atoms with van der Waals surface area (Å²) in [5, 5.41) is 35.7. The average Bonchev–Trinajstić information content (AvgIpc) is 3.62. The van der Waals surface area contributed by atoms with E-state index >= 15 is 0 Å². The van der Waals surface area contributed by atoms with Crippen LogP contribution >= 0.6 is 0 Å². The number of halogens is 3. The van der Waals surface area contributed by atoms with E-state index in [0.717, 1.165) is 40.9 Å². The van der Waals surface area contributed by atoms with Gasteiger partial charge in [-0.15, -0.1) is 5.10 Å². The van der Waals surface area contributed by atoms with Crippen LogP contribution in [0.25, 0.3) is 22.6 Å². The summed E-state index contributed by atoms with van der Waals surface area (Å²) in [6.45, 7) is 6.04. The topological polar surface area (TPSA) is 153 Å². The van der Waals surface area contributed by atoms with Crippen molar-refractivity contribution in [3.05, 3.63) is 52.5 Å². The number of carboxylic acids is 1. The molecule has 13 heteroatoms. The number of carbonyl (C=O) groups excluding carboxylic acids is 1. The van der Waals surface area contributed by atoms with Gasteiger partial charge in [-0.3, -0.25) is 4.79 Å². The Labute approximate surface area is 221 Å². The number of aliphatic carboxylic acids is 1. The summed E-state index contributed by atoms with van der Waals surface area (Å²) < 4.78 is 31.7. The van der Waals surface area contributed by atoms with Crippen LogP contribution in [0.4, 0.5) is 13.2 Å². The molecule has 0 radical (unpaired) electrons. The number of aliphatic hydroxyl groups is 2. The highest BCUT2D eigenvalue weighted by Crippen LogP contribution is 2.41. The number of aliphatic hydroxyl groups excluding tert-OH is 2. The zero-order valence-electron chi connectivity index (χ0n) is 21.5. The lowest BCUT2D eigenvalue weighted by atomic mass is 9.93. The molecule has 3 aromatic rings. The lowest BCUT2D eigenvalue weighted by molar-refractivity contribution is -0.192. The number of aromatic nitrogens is 4. The summed E-state index contributed by atoms with van der Waals surface area (Å²) in [4.78, 5) is 31.8. The molecule has 2 aromatic heterocycles. The van der Waals surface area contributed by atoms with Crippen molar-refractivity contribution < 1.29 is 38.1 Å². The number of amides is 1. The van der Waals surface area contributed by atoms with E-state index in [2.05, 4.69) is 27.1 Å². The molecule has 1 aliphatic carbocycles. The summed E-state index contributed by atoms with van der Waals surface area (Å²) in [6.07, 6.45) is -2.26. The number of alkyl halides is 3. The maximum Gasteiger partial charge on any atom is 0.490 e. The Bertz CT molecular complexity index is 1380. The maximum atomic E-state index is 13.2.